The molecule has 5 aromatic rings. The molecule has 0 saturated carbocycles. The molecule has 0 fully saturated rings. The van der Waals surface area contributed by atoms with Crippen molar-refractivity contribution in [1.82, 2.24) is 4.98 Å². The fourth-order valence-corrected chi connectivity index (χ4v) is 5.94. The van der Waals surface area contributed by atoms with Crippen molar-refractivity contribution in [3.05, 3.63) is 115 Å². The van der Waals surface area contributed by atoms with E-state index in [1.807, 2.05) is 48.7 Å². The number of carbonyl (C=O) groups is 1. The van der Waals surface area contributed by atoms with Crippen LogP contribution in [0.15, 0.2) is 119 Å². The molecule has 0 spiro atoms. The molecule has 1 aliphatic heterocycles. The summed E-state index contributed by atoms with van der Waals surface area (Å²) < 4.78 is 31.7. The highest BCUT2D eigenvalue weighted by Crippen LogP contribution is 2.34. The van der Waals surface area contributed by atoms with Crippen LogP contribution in [0, 0.1) is 0 Å². The van der Waals surface area contributed by atoms with Crippen LogP contribution in [0.25, 0.3) is 22.0 Å². The van der Waals surface area contributed by atoms with Gasteiger partial charge in [0.05, 0.1) is 33.6 Å². The lowest BCUT2D eigenvalue weighted by atomic mass is 10.0. The highest BCUT2D eigenvalue weighted by atomic mass is 32.2. The molecular formula is C31H24N2O4S. The van der Waals surface area contributed by atoms with Gasteiger partial charge in [-0.05, 0) is 54.1 Å². The lowest BCUT2D eigenvalue weighted by Gasteiger charge is -2.17. The van der Waals surface area contributed by atoms with E-state index >= 15 is 0 Å². The van der Waals surface area contributed by atoms with Gasteiger partial charge < -0.3 is 10.1 Å². The van der Waals surface area contributed by atoms with Gasteiger partial charge in [-0.15, -0.1) is 0 Å². The number of Topliss-reactive ketones (excluding diaryl/α,β-unsaturated/α-hetero) is 1. The van der Waals surface area contributed by atoms with Crippen LogP contribution in [0.4, 0.5) is 5.69 Å². The van der Waals surface area contributed by atoms with Crippen molar-refractivity contribution < 1.29 is 17.9 Å². The average molecular weight is 521 g/mol. The number of nitrogens with one attached hydrogen (secondary N) is 1. The van der Waals surface area contributed by atoms with Crippen molar-refractivity contribution in [3.8, 4) is 16.9 Å². The normalized spacial score (nSPS) is 15.1. The molecule has 6 rings (SSSR count). The van der Waals surface area contributed by atoms with Gasteiger partial charge in [-0.1, -0.05) is 54.6 Å². The van der Waals surface area contributed by atoms with E-state index < -0.39 is 15.9 Å². The van der Waals surface area contributed by atoms with Crippen LogP contribution < -0.4 is 10.1 Å². The Kier molecular flexibility index (Phi) is 6.13. The van der Waals surface area contributed by atoms with Gasteiger partial charge in [0.1, 0.15) is 5.75 Å². The molecule has 1 aromatic heterocycles. The zero-order valence-electron chi connectivity index (χ0n) is 20.4. The van der Waals surface area contributed by atoms with E-state index in [1.54, 1.807) is 42.5 Å². The monoisotopic (exact) mass is 520 g/mol. The number of rotatable bonds is 5. The van der Waals surface area contributed by atoms with Crippen molar-refractivity contribution in [2.45, 2.75) is 22.3 Å². The predicted octanol–water partition coefficient (Wildman–Crippen LogP) is 6.18. The molecule has 0 radical (unpaired) electrons. The Labute approximate surface area is 220 Å². The smallest absolute Gasteiger partial charge is 0.206 e. The maximum absolute atomic E-state index is 13.4. The van der Waals surface area contributed by atoms with Crippen molar-refractivity contribution in [2.24, 2.45) is 0 Å². The first kappa shape index (κ1) is 23.9. The Hall–Kier alpha value is -4.49. The Morgan fingerprint density at radius 2 is 1.55 bits per heavy atom. The van der Waals surface area contributed by atoms with Gasteiger partial charge in [-0.3, -0.25) is 9.78 Å². The SMILES string of the molecule is O=C(c1ccc(S(=O)(=O)c2ccccc2)cc1)C1CCOc2ccc(-c3cnc4ccccc4c3)cc2N1. The number of pyridine rings is 1. The Morgan fingerprint density at radius 1 is 0.816 bits per heavy atom. The standard InChI is InChI=1S/C31H24N2O4S/c34-31(21-10-13-26(14-11-21)38(35,36)25-7-2-1-3-8-25)28-16-17-37-30-15-12-22(19-29(30)33-28)24-18-23-6-4-5-9-27(23)32-20-24/h1-15,18-20,28,33H,16-17H2. The lowest BCUT2D eigenvalue weighted by molar-refractivity contribution is 0.0960. The molecule has 4 aromatic carbocycles. The number of hydrogen-bond acceptors (Lipinski definition) is 6. The van der Waals surface area contributed by atoms with Crippen molar-refractivity contribution in [2.75, 3.05) is 11.9 Å². The summed E-state index contributed by atoms with van der Waals surface area (Å²) in [6.45, 7) is 0.383. The van der Waals surface area contributed by atoms with Crippen molar-refractivity contribution in [3.63, 3.8) is 0 Å². The van der Waals surface area contributed by atoms with Gasteiger partial charge in [0.25, 0.3) is 0 Å². The number of fused-ring (bicyclic) bond motifs is 2. The van der Waals surface area contributed by atoms with Crippen LogP contribution in [-0.4, -0.2) is 31.8 Å². The minimum Gasteiger partial charge on any atom is -0.491 e. The molecule has 1 aliphatic rings. The number of sulfone groups is 1. The van der Waals surface area contributed by atoms with E-state index in [0.717, 1.165) is 27.7 Å². The van der Waals surface area contributed by atoms with Crippen LogP contribution in [0.5, 0.6) is 5.75 Å². The summed E-state index contributed by atoms with van der Waals surface area (Å²) in [6, 6.07) is 29.8. The molecule has 2 heterocycles. The number of aromatic nitrogens is 1. The average Bonchev–Trinajstić information content (AvgIpc) is 3.19. The van der Waals surface area contributed by atoms with Crippen molar-refractivity contribution in [1.29, 1.82) is 0 Å². The van der Waals surface area contributed by atoms with Gasteiger partial charge in [0, 0.05) is 29.1 Å². The topological polar surface area (TPSA) is 85.4 Å². The number of benzene rings is 4. The Bertz CT molecular complexity index is 1750. The summed E-state index contributed by atoms with van der Waals surface area (Å²) in [5.41, 5.74) is 4.03. The molecule has 1 atom stereocenters. The maximum Gasteiger partial charge on any atom is 0.206 e. The molecule has 0 aliphatic carbocycles. The van der Waals surface area contributed by atoms with Crippen LogP contribution in [-0.2, 0) is 9.84 Å². The molecule has 0 bridgehead atoms. The molecular weight excluding hydrogens is 496 g/mol. The minimum absolute atomic E-state index is 0.122. The quantitative estimate of drug-likeness (QED) is 0.279. The summed E-state index contributed by atoms with van der Waals surface area (Å²) in [5.74, 6) is 0.560. The second kappa shape index (κ2) is 9.76. The maximum atomic E-state index is 13.4. The fraction of sp³-hybridized carbons (Fsp3) is 0.0968. The van der Waals surface area contributed by atoms with Gasteiger partial charge in [-0.2, -0.15) is 0 Å². The van der Waals surface area contributed by atoms with E-state index in [2.05, 4.69) is 16.4 Å². The third-order valence-electron chi connectivity index (χ3n) is 6.72. The van der Waals surface area contributed by atoms with Gasteiger partial charge in [0.15, 0.2) is 5.78 Å². The minimum atomic E-state index is -3.65. The van der Waals surface area contributed by atoms with E-state index in [-0.39, 0.29) is 15.6 Å². The van der Waals surface area contributed by atoms with E-state index in [1.165, 1.54) is 12.1 Å². The molecule has 188 valence electrons. The van der Waals surface area contributed by atoms with E-state index in [0.29, 0.717) is 24.3 Å². The van der Waals surface area contributed by atoms with Gasteiger partial charge in [-0.25, -0.2) is 8.42 Å². The highest BCUT2D eigenvalue weighted by molar-refractivity contribution is 7.91. The zero-order chi connectivity index (χ0) is 26.1. The predicted molar refractivity (Wildman–Crippen MR) is 147 cm³/mol. The lowest BCUT2D eigenvalue weighted by Crippen LogP contribution is -2.29. The van der Waals surface area contributed by atoms with Crippen LogP contribution in [0.1, 0.15) is 16.8 Å². The number of hydrogen-bond donors (Lipinski definition) is 1. The second-order valence-corrected chi connectivity index (χ2v) is 11.1. The summed E-state index contributed by atoms with van der Waals surface area (Å²) in [4.78, 5) is 18.4. The van der Waals surface area contributed by atoms with Crippen LogP contribution in [0.2, 0.25) is 0 Å². The van der Waals surface area contributed by atoms with E-state index in [4.69, 9.17) is 4.74 Å². The number of nitrogens with zero attached hydrogens (tertiary/aromatic N) is 1. The summed E-state index contributed by atoms with van der Waals surface area (Å²) in [6.07, 6.45) is 2.32. The highest BCUT2D eigenvalue weighted by Gasteiger charge is 2.25. The summed E-state index contributed by atoms with van der Waals surface area (Å²) in [5, 5.41) is 4.41. The molecule has 0 amide bonds. The number of carbonyl (C=O) groups excluding carboxylic acids is 1. The fourth-order valence-electron chi connectivity index (χ4n) is 4.66. The molecule has 38 heavy (non-hydrogen) atoms. The number of ketones is 1. The molecule has 6 nitrogen and oxygen atoms in total. The summed E-state index contributed by atoms with van der Waals surface area (Å²) >= 11 is 0. The molecule has 1 N–H and O–H groups in total. The first-order valence-electron chi connectivity index (χ1n) is 12.3. The molecule has 7 heteroatoms. The second-order valence-electron chi connectivity index (χ2n) is 9.17. The molecule has 0 saturated heterocycles. The largest absolute Gasteiger partial charge is 0.491 e. The Balaban J connectivity index is 1.25. The van der Waals surface area contributed by atoms with Crippen LogP contribution >= 0.6 is 0 Å². The van der Waals surface area contributed by atoms with Gasteiger partial charge in [0.2, 0.25) is 9.84 Å². The third kappa shape index (κ3) is 4.53. The third-order valence-corrected chi connectivity index (χ3v) is 8.50. The number of anilines is 1. The number of para-hydroxylation sites is 1. The number of ether oxygens (including phenoxy) is 1. The molecule has 1 unspecified atom stereocenters. The van der Waals surface area contributed by atoms with Gasteiger partial charge >= 0.3 is 0 Å². The Morgan fingerprint density at radius 3 is 2.37 bits per heavy atom. The van der Waals surface area contributed by atoms with E-state index in [9.17, 15) is 13.2 Å². The van der Waals surface area contributed by atoms with Crippen molar-refractivity contribution >= 4 is 32.2 Å². The first-order chi connectivity index (χ1) is 18.5. The van der Waals surface area contributed by atoms with Crippen LogP contribution in [0.3, 0.4) is 0 Å². The summed E-state index contributed by atoms with van der Waals surface area (Å²) in [7, 11) is -3.65. The first-order valence-corrected chi connectivity index (χ1v) is 13.8. The zero-order valence-corrected chi connectivity index (χ0v) is 21.2.